The molecule has 1 aliphatic rings. The molecule has 3 nitrogen and oxygen atoms in total. The summed E-state index contributed by atoms with van der Waals surface area (Å²) in [7, 11) is 0. The van der Waals surface area contributed by atoms with Crippen molar-refractivity contribution in [3.05, 3.63) is 29.3 Å². The normalized spacial score (nSPS) is 18.3. The van der Waals surface area contributed by atoms with E-state index >= 15 is 0 Å². The average molecular weight is 248 g/mol. The molecule has 3 heteroatoms. The van der Waals surface area contributed by atoms with Crippen molar-refractivity contribution in [1.82, 2.24) is 0 Å². The summed E-state index contributed by atoms with van der Waals surface area (Å²) in [6.45, 7) is 5.61. The molecule has 0 saturated carbocycles. The fourth-order valence-corrected chi connectivity index (χ4v) is 2.19. The molecule has 1 atom stereocenters. The number of fused-ring (bicyclic) bond motifs is 1. The largest absolute Gasteiger partial charge is 0.490 e. The van der Waals surface area contributed by atoms with Gasteiger partial charge in [-0.3, -0.25) is 4.79 Å². The maximum atomic E-state index is 11.1. The van der Waals surface area contributed by atoms with E-state index in [9.17, 15) is 4.79 Å². The van der Waals surface area contributed by atoms with Gasteiger partial charge in [0.1, 0.15) is 11.9 Å². The zero-order valence-corrected chi connectivity index (χ0v) is 11.2. The van der Waals surface area contributed by atoms with Crippen molar-refractivity contribution in [2.24, 2.45) is 5.41 Å². The van der Waals surface area contributed by atoms with Crippen molar-refractivity contribution in [3.63, 3.8) is 0 Å². The highest BCUT2D eigenvalue weighted by molar-refractivity contribution is 5.73. The Hall–Kier alpha value is -1.51. The topological polar surface area (TPSA) is 46.5 Å². The lowest BCUT2D eigenvalue weighted by atomic mass is 9.86. The Labute approximate surface area is 108 Å². The molecular weight excluding hydrogens is 228 g/mol. The minimum atomic E-state index is -0.736. The number of aliphatic carboxylic acids is 1. The average Bonchev–Trinajstić information content (AvgIpc) is 2.65. The Balaban J connectivity index is 2.04. The number of carboxylic acid groups (broad SMARTS) is 1. The van der Waals surface area contributed by atoms with Crippen LogP contribution in [-0.2, 0) is 17.6 Å². The molecule has 0 fully saturated rings. The summed E-state index contributed by atoms with van der Waals surface area (Å²) in [5, 5.41) is 9.09. The molecule has 0 spiro atoms. The van der Waals surface area contributed by atoms with E-state index in [0.717, 1.165) is 18.6 Å². The van der Waals surface area contributed by atoms with Gasteiger partial charge in [-0.2, -0.15) is 0 Å². The molecule has 0 aliphatic carbocycles. The van der Waals surface area contributed by atoms with Gasteiger partial charge in [-0.15, -0.1) is 0 Å². The second-order valence-corrected chi connectivity index (χ2v) is 5.76. The molecule has 1 heterocycles. The number of rotatable bonds is 4. The maximum absolute atomic E-state index is 11.1. The second-order valence-electron chi connectivity index (χ2n) is 5.76. The van der Waals surface area contributed by atoms with Gasteiger partial charge in [-0.05, 0) is 50.8 Å². The third-order valence-electron chi connectivity index (χ3n) is 3.58. The molecule has 1 aliphatic heterocycles. The first-order valence-electron chi connectivity index (χ1n) is 6.40. The van der Waals surface area contributed by atoms with Crippen LogP contribution < -0.4 is 4.74 Å². The predicted octanol–water partition coefficient (Wildman–Crippen LogP) is 3.05. The SMILES string of the molecule is CC1Cc2cc(CCC(C)(C)C(=O)O)ccc2O1. The van der Waals surface area contributed by atoms with Crippen LogP contribution in [0.25, 0.3) is 0 Å². The summed E-state index contributed by atoms with van der Waals surface area (Å²) < 4.78 is 5.65. The van der Waals surface area contributed by atoms with Crippen molar-refractivity contribution in [2.45, 2.75) is 46.1 Å². The molecule has 0 amide bonds. The van der Waals surface area contributed by atoms with Gasteiger partial charge in [0.25, 0.3) is 0 Å². The van der Waals surface area contributed by atoms with Crippen molar-refractivity contribution >= 4 is 5.97 Å². The molecule has 0 saturated heterocycles. The molecule has 0 aromatic heterocycles. The van der Waals surface area contributed by atoms with Crippen LogP contribution in [0.4, 0.5) is 0 Å². The molecule has 18 heavy (non-hydrogen) atoms. The number of carboxylic acids is 1. The van der Waals surface area contributed by atoms with Gasteiger partial charge in [0.05, 0.1) is 5.41 Å². The fourth-order valence-electron chi connectivity index (χ4n) is 2.19. The summed E-state index contributed by atoms with van der Waals surface area (Å²) in [5.74, 6) is 0.240. The van der Waals surface area contributed by atoms with Gasteiger partial charge < -0.3 is 9.84 Å². The smallest absolute Gasteiger partial charge is 0.309 e. The highest BCUT2D eigenvalue weighted by Crippen LogP contribution is 2.31. The number of hydrogen-bond donors (Lipinski definition) is 1. The molecule has 1 aromatic rings. The van der Waals surface area contributed by atoms with E-state index in [0.29, 0.717) is 6.42 Å². The molecule has 98 valence electrons. The van der Waals surface area contributed by atoms with Crippen LogP contribution in [0.1, 0.15) is 38.3 Å². The Morgan fingerprint density at radius 1 is 1.50 bits per heavy atom. The fraction of sp³-hybridized carbons (Fsp3) is 0.533. The van der Waals surface area contributed by atoms with E-state index in [-0.39, 0.29) is 6.10 Å². The van der Waals surface area contributed by atoms with Crippen molar-refractivity contribution < 1.29 is 14.6 Å². The summed E-state index contributed by atoms with van der Waals surface area (Å²) in [6.07, 6.45) is 2.65. The minimum absolute atomic E-state index is 0.255. The third-order valence-corrected chi connectivity index (χ3v) is 3.58. The van der Waals surface area contributed by atoms with Crippen molar-refractivity contribution in [3.8, 4) is 5.75 Å². The monoisotopic (exact) mass is 248 g/mol. The molecule has 1 N–H and O–H groups in total. The van der Waals surface area contributed by atoms with Gasteiger partial charge in [-0.25, -0.2) is 0 Å². The molecule has 1 unspecified atom stereocenters. The van der Waals surface area contributed by atoms with E-state index in [2.05, 4.69) is 13.0 Å². The molecule has 0 bridgehead atoms. The van der Waals surface area contributed by atoms with E-state index in [1.807, 2.05) is 12.1 Å². The van der Waals surface area contributed by atoms with Crippen LogP contribution in [0, 0.1) is 5.41 Å². The Bertz CT molecular complexity index is 463. The third kappa shape index (κ3) is 2.66. The van der Waals surface area contributed by atoms with Crippen LogP contribution in [0.15, 0.2) is 18.2 Å². The Kier molecular flexibility index (Phi) is 3.33. The van der Waals surface area contributed by atoms with E-state index < -0.39 is 11.4 Å². The molecule has 0 radical (unpaired) electrons. The van der Waals surface area contributed by atoms with Gasteiger partial charge in [0, 0.05) is 6.42 Å². The van der Waals surface area contributed by atoms with Crippen molar-refractivity contribution in [1.29, 1.82) is 0 Å². The highest BCUT2D eigenvalue weighted by atomic mass is 16.5. The number of ether oxygens (including phenoxy) is 1. The van der Waals surface area contributed by atoms with E-state index in [1.165, 1.54) is 11.1 Å². The quantitative estimate of drug-likeness (QED) is 0.890. The Morgan fingerprint density at radius 3 is 2.89 bits per heavy atom. The summed E-state index contributed by atoms with van der Waals surface area (Å²) in [5.41, 5.74) is 1.77. The van der Waals surface area contributed by atoms with E-state index in [4.69, 9.17) is 9.84 Å². The molecule has 2 rings (SSSR count). The zero-order valence-electron chi connectivity index (χ0n) is 11.2. The first-order valence-corrected chi connectivity index (χ1v) is 6.40. The number of carbonyl (C=O) groups is 1. The van der Waals surface area contributed by atoms with Crippen LogP contribution in [0.3, 0.4) is 0 Å². The Morgan fingerprint density at radius 2 is 2.22 bits per heavy atom. The first kappa shape index (κ1) is 12.9. The van der Waals surface area contributed by atoms with Crippen LogP contribution in [0.2, 0.25) is 0 Å². The summed E-state index contributed by atoms with van der Waals surface area (Å²) in [6, 6.07) is 6.19. The predicted molar refractivity (Wildman–Crippen MR) is 70.0 cm³/mol. The van der Waals surface area contributed by atoms with Gasteiger partial charge in [0.2, 0.25) is 0 Å². The van der Waals surface area contributed by atoms with Crippen LogP contribution in [-0.4, -0.2) is 17.2 Å². The van der Waals surface area contributed by atoms with Gasteiger partial charge in [-0.1, -0.05) is 12.1 Å². The zero-order chi connectivity index (χ0) is 13.3. The lowest BCUT2D eigenvalue weighted by molar-refractivity contribution is -0.147. The first-order chi connectivity index (χ1) is 8.38. The summed E-state index contributed by atoms with van der Waals surface area (Å²) in [4.78, 5) is 11.1. The maximum Gasteiger partial charge on any atom is 0.309 e. The standard InChI is InChI=1S/C15H20O3/c1-10-8-12-9-11(4-5-13(12)18-10)6-7-15(2,3)14(16)17/h4-5,9-10H,6-8H2,1-3H3,(H,16,17). The van der Waals surface area contributed by atoms with Gasteiger partial charge in [0.15, 0.2) is 0 Å². The number of aryl methyl sites for hydroxylation is 1. The van der Waals surface area contributed by atoms with Crippen LogP contribution in [0.5, 0.6) is 5.75 Å². The lowest BCUT2D eigenvalue weighted by Gasteiger charge is -2.18. The lowest BCUT2D eigenvalue weighted by Crippen LogP contribution is -2.24. The van der Waals surface area contributed by atoms with E-state index in [1.54, 1.807) is 13.8 Å². The van der Waals surface area contributed by atoms with Gasteiger partial charge >= 0.3 is 5.97 Å². The highest BCUT2D eigenvalue weighted by Gasteiger charge is 2.27. The second kappa shape index (κ2) is 4.63. The van der Waals surface area contributed by atoms with Crippen molar-refractivity contribution in [2.75, 3.05) is 0 Å². The van der Waals surface area contributed by atoms with Crippen LogP contribution >= 0.6 is 0 Å². The molecular formula is C15H20O3. The number of hydrogen-bond acceptors (Lipinski definition) is 2. The molecule has 1 aromatic carbocycles. The number of benzene rings is 1. The minimum Gasteiger partial charge on any atom is -0.490 e. The summed E-state index contributed by atoms with van der Waals surface area (Å²) >= 11 is 0.